The quantitative estimate of drug-likeness (QED) is 0.238. The van der Waals surface area contributed by atoms with E-state index in [1.54, 1.807) is 24.3 Å². The zero-order valence-corrected chi connectivity index (χ0v) is 16.4. The summed E-state index contributed by atoms with van der Waals surface area (Å²) < 4.78 is 5.71. The number of carbonyl (C=O) groups is 1. The Morgan fingerprint density at radius 2 is 1.83 bits per heavy atom. The number of nitro groups is 1. The fraction of sp³-hybridized carbons (Fsp3) is 0.0476. The molecule has 0 atom stereocenters. The Bertz CT molecular complexity index is 1090. The molecule has 0 spiro atoms. The number of nitrogens with zero attached hydrogens (tertiary/aromatic N) is 1. The van der Waals surface area contributed by atoms with Crippen molar-refractivity contribution in [2.75, 3.05) is 5.32 Å². The van der Waals surface area contributed by atoms with Crippen molar-refractivity contribution in [2.45, 2.75) is 6.61 Å². The summed E-state index contributed by atoms with van der Waals surface area (Å²) >= 11 is 5.07. The van der Waals surface area contributed by atoms with Gasteiger partial charge in [0.1, 0.15) is 18.1 Å². The van der Waals surface area contributed by atoms with Crippen LogP contribution >= 0.6 is 12.2 Å². The molecule has 0 aliphatic heterocycles. The number of carbonyl (C=O) groups excluding carboxylic acids is 1. The molecule has 0 bridgehead atoms. The summed E-state index contributed by atoms with van der Waals surface area (Å²) in [6.07, 6.45) is 0. The van der Waals surface area contributed by atoms with Gasteiger partial charge in [-0.2, -0.15) is 0 Å². The zero-order chi connectivity index (χ0) is 21.5. The van der Waals surface area contributed by atoms with Crippen LogP contribution in [0.3, 0.4) is 0 Å². The van der Waals surface area contributed by atoms with Gasteiger partial charge in [-0.1, -0.05) is 36.4 Å². The molecule has 3 rings (SSSR count). The largest absolute Gasteiger partial charge is 0.506 e. The van der Waals surface area contributed by atoms with Crippen molar-refractivity contribution in [3.63, 3.8) is 0 Å². The van der Waals surface area contributed by atoms with Crippen molar-refractivity contribution in [1.82, 2.24) is 5.32 Å². The van der Waals surface area contributed by atoms with Gasteiger partial charge in [0.25, 0.3) is 11.6 Å². The van der Waals surface area contributed by atoms with Crippen molar-refractivity contribution in [3.8, 4) is 11.5 Å². The molecule has 8 nitrogen and oxygen atoms in total. The van der Waals surface area contributed by atoms with E-state index in [2.05, 4.69) is 10.6 Å². The van der Waals surface area contributed by atoms with Crippen LogP contribution < -0.4 is 15.4 Å². The van der Waals surface area contributed by atoms with Crippen LogP contribution in [-0.4, -0.2) is 21.0 Å². The average Bonchev–Trinajstić information content (AvgIpc) is 2.74. The minimum atomic E-state index is -0.604. The number of thiocarbonyl (C=S) groups is 1. The number of non-ortho nitro benzene ring substituents is 1. The molecule has 1 amide bonds. The second-order valence-electron chi connectivity index (χ2n) is 6.17. The Labute approximate surface area is 177 Å². The number of phenols is 1. The van der Waals surface area contributed by atoms with Gasteiger partial charge in [-0.05, 0) is 42.0 Å². The molecule has 0 saturated carbocycles. The van der Waals surface area contributed by atoms with Crippen LogP contribution in [0.4, 0.5) is 11.4 Å². The lowest BCUT2D eigenvalue weighted by atomic mass is 10.2. The Kier molecular flexibility index (Phi) is 6.56. The predicted octanol–water partition coefficient (Wildman–Crippen LogP) is 4.01. The standard InChI is InChI=1S/C21H17N3O5S/c25-19-10-9-16(24(27)28)12-18(19)22-21(30)23-20(26)15-7-4-8-17(11-15)29-13-14-5-2-1-3-6-14/h1-12,25H,13H2,(H2,22,23,26,30). The summed E-state index contributed by atoms with van der Waals surface area (Å²) in [5.41, 5.74) is 1.09. The fourth-order valence-electron chi connectivity index (χ4n) is 2.53. The van der Waals surface area contributed by atoms with Crippen LogP contribution in [0.15, 0.2) is 72.8 Å². The Hall–Kier alpha value is -3.98. The molecule has 0 aromatic heterocycles. The second-order valence-corrected chi connectivity index (χ2v) is 6.58. The molecule has 0 fully saturated rings. The Morgan fingerprint density at radius 1 is 1.07 bits per heavy atom. The predicted molar refractivity (Wildman–Crippen MR) is 116 cm³/mol. The highest BCUT2D eigenvalue weighted by atomic mass is 32.1. The molecule has 0 heterocycles. The second kappa shape index (κ2) is 9.48. The van der Waals surface area contributed by atoms with Gasteiger partial charge in [0, 0.05) is 17.7 Å². The van der Waals surface area contributed by atoms with Crippen LogP contribution in [0.1, 0.15) is 15.9 Å². The summed E-state index contributed by atoms with van der Waals surface area (Å²) in [5, 5.41) is 25.6. The SMILES string of the molecule is O=C(NC(=S)Nc1cc([N+](=O)[O-])ccc1O)c1cccc(OCc2ccccc2)c1. The van der Waals surface area contributed by atoms with E-state index < -0.39 is 10.8 Å². The van der Waals surface area contributed by atoms with Crippen molar-refractivity contribution in [3.05, 3.63) is 94.0 Å². The molecule has 9 heteroatoms. The number of amides is 1. The van der Waals surface area contributed by atoms with Gasteiger partial charge in [-0.25, -0.2) is 0 Å². The number of anilines is 1. The van der Waals surface area contributed by atoms with E-state index in [1.165, 1.54) is 6.07 Å². The lowest BCUT2D eigenvalue weighted by molar-refractivity contribution is -0.384. The Morgan fingerprint density at radius 3 is 2.57 bits per heavy atom. The molecule has 0 unspecified atom stereocenters. The molecular weight excluding hydrogens is 406 g/mol. The highest BCUT2D eigenvalue weighted by Crippen LogP contribution is 2.27. The van der Waals surface area contributed by atoms with E-state index in [0.29, 0.717) is 17.9 Å². The van der Waals surface area contributed by atoms with Gasteiger partial charge in [0.2, 0.25) is 0 Å². The van der Waals surface area contributed by atoms with Crippen LogP contribution in [0.5, 0.6) is 11.5 Å². The first-order valence-corrected chi connectivity index (χ1v) is 9.20. The van der Waals surface area contributed by atoms with Gasteiger partial charge in [0.05, 0.1) is 10.6 Å². The van der Waals surface area contributed by atoms with Gasteiger partial charge >= 0.3 is 0 Å². The summed E-state index contributed by atoms with van der Waals surface area (Å²) in [4.78, 5) is 22.7. The maximum Gasteiger partial charge on any atom is 0.271 e. The third kappa shape index (κ3) is 5.52. The lowest BCUT2D eigenvalue weighted by Gasteiger charge is -2.12. The minimum Gasteiger partial charge on any atom is -0.506 e. The first-order valence-electron chi connectivity index (χ1n) is 8.79. The summed E-state index contributed by atoms with van der Waals surface area (Å²) in [7, 11) is 0. The number of benzene rings is 3. The maximum absolute atomic E-state index is 12.5. The third-order valence-electron chi connectivity index (χ3n) is 4.01. The average molecular weight is 423 g/mol. The fourth-order valence-corrected chi connectivity index (χ4v) is 2.74. The molecule has 0 radical (unpaired) electrons. The van der Waals surface area contributed by atoms with Crippen LogP contribution in [0, 0.1) is 10.1 Å². The molecule has 0 aliphatic carbocycles. The lowest BCUT2D eigenvalue weighted by Crippen LogP contribution is -2.34. The van der Waals surface area contributed by atoms with Gasteiger partial charge in [0.15, 0.2) is 5.11 Å². The number of hydrogen-bond acceptors (Lipinski definition) is 6. The van der Waals surface area contributed by atoms with E-state index in [4.69, 9.17) is 17.0 Å². The van der Waals surface area contributed by atoms with Crippen molar-refractivity contribution >= 4 is 34.6 Å². The first kappa shape index (κ1) is 20.7. The summed E-state index contributed by atoms with van der Waals surface area (Å²) in [6, 6.07) is 19.6. The van der Waals surface area contributed by atoms with Crippen LogP contribution in [0.2, 0.25) is 0 Å². The molecule has 30 heavy (non-hydrogen) atoms. The smallest absolute Gasteiger partial charge is 0.271 e. The van der Waals surface area contributed by atoms with Crippen LogP contribution in [-0.2, 0) is 6.61 Å². The van der Waals surface area contributed by atoms with Gasteiger partial charge in [-0.15, -0.1) is 0 Å². The maximum atomic E-state index is 12.5. The van der Waals surface area contributed by atoms with E-state index >= 15 is 0 Å². The number of nitro benzene ring substituents is 1. The number of rotatable bonds is 6. The Balaban J connectivity index is 1.62. The minimum absolute atomic E-state index is 0.00875. The van der Waals surface area contributed by atoms with Crippen molar-refractivity contribution < 1.29 is 19.6 Å². The van der Waals surface area contributed by atoms with E-state index in [-0.39, 0.29) is 22.2 Å². The number of nitrogens with one attached hydrogen (secondary N) is 2. The summed E-state index contributed by atoms with van der Waals surface area (Å²) in [6.45, 7) is 0.359. The molecule has 0 aliphatic rings. The normalized spacial score (nSPS) is 10.1. The number of phenolic OH excluding ortho intramolecular Hbond substituents is 1. The van der Waals surface area contributed by atoms with Crippen molar-refractivity contribution in [1.29, 1.82) is 0 Å². The number of hydrogen-bond donors (Lipinski definition) is 3. The van der Waals surface area contributed by atoms with Crippen LogP contribution in [0.25, 0.3) is 0 Å². The molecule has 3 N–H and O–H groups in total. The summed E-state index contributed by atoms with van der Waals surface area (Å²) in [5.74, 6) is -0.224. The third-order valence-corrected chi connectivity index (χ3v) is 4.21. The highest BCUT2D eigenvalue weighted by molar-refractivity contribution is 7.80. The van der Waals surface area contributed by atoms with E-state index in [0.717, 1.165) is 17.7 Å². The molecule has 152 valence electrons. The van der Waals surface area contributed by atoms with E-state index in [9.17, 15) is 20.0 Å². The molecular formula is C21H17N3O5S. The first-order chi connectivity index (χ1) is 14.4. The monoisotopic (exact) mass is 423 g/mol. The van der Waals surface area contributed by atoms with Gasteiger partial charge in [-0.3, -0.25) is 20.2 Å². The highest BCUT2D eigenvalue weighted by Gasteiger charge is 2.14. The van der Waals surface area contributed by atoms with E-state index in [1.807, 2.05) is 30.3 Å². The zero-order valence-electron chi connectivity index (χ0n) is 15.6. The molecule has 3 aromatic carbocycles. The van der Waals surface area contributed by atoms with Crippen molar-refractivity contribution in [2.24, 2.45) is 0 Å². The number of ether oxygens (including phenoxy) is 1. The topological polar surface area (TPSA) is 114 Å². The molecule has 3 aromatic rings. The number of aromatic hydroxyl groups is 1. The molecule has 0 saturated heterocycles. The van der Waals surface area contributed by atoms with Gasteiger partial charge < -0.3 is 15.2 Å².